The Morgan fingerprint density at radius 3 is 2.86 bits per heavy atom. The number of ether oxygens (including phenoxy) is 1. The maximum atomic E-state index is 12.6. The van der Waals surface area contributed by atoms with Crippen molar-refractivity contribution < 1.29 is 27.8 Å². The first-order valence-corrected chi connectivity index (χ1v) is 6.03. The van der Waals surface area contributed by atoms with E-state index in [1.165, 1.54) is 18.2 Å². The van der Waals surface area contributed by atoms with Gasteiger partial charge in [0.05, 0.1) is 12.2 Å². The van der Waals surface area contributed by atoms with Crippen LogP contribution in [-0.2, 0) is 4.79 Å². The molecular formula is C13H11F3N2O3. The topological polar surface area (TPSA) is 82.4 Å². The largest absolute Gasteiger partial charge is 0.480 e. The SMILES string of the molecule is N#CCC(=O)Nc1ccc2c(c1)C(O)CC(C(F)(F)F)O2. The van der Waals surface area contributed by atoms with Gasteiger partial charge in [-0.3, -0.25) is 4.79 Å². The van der Waals surface area contributed by atoms with Gasteiger partial charge in [0.1, 0.15) is 12.2 Å². The highest BCUT2D eigenvalue weighted by atomic mass is 19.4. The van der Waals surface area contributed by atoms with Crippen molar-refractivity contribution in [1.29, 1.82) is 5.26 Å². The number of nitriles is 1. The van der Waals surface area contributed by atoms with Gasteiger partial charge in [-0.2, -0.15) is 18.4 Å². The number of benzene rings is 1. The number of nitrogens with one attached hydrogen (secondary N) is 1. The lowest BCUT2D eigenvalue weighted by Gasteiger charge is -2.31. The summed E-state index contributed by atoms with van der Waals surface area (Å²) in [7, 11) is 0. The van der Waals surface area contributed by atoms with E-state index in [1.807, 2.05) is 0 Å². The minimum absolute atomic E-state index is 0.0747. The van der Waals surface area contributed by atoms with Crippen molar-refractivity contribution in [2.45, 2.75) is 31.2 Å². The Morgan fingerprint density at radius 2 is 2.24 bits per heavy atom. The number of carbonyl (C=O) groups excluding carboxylic acids is 1. The zero-order chi connectivity index (χ0) is 15.6. The summed E-state index contributed by atoms with van der Waals surface area (Å²) in [4.78, 5) is 11.3. The highest BCUT2D eigenvalue weighted by Gasteiger charge is 2.45. The second-order valence-corrected chi connectivity index (χ2v) is 4.54. The number of hydrogen-bond acceptors (Lipinski definition) is 4. The molecule has 2 rings (SSSR count). The van der Waals surface area contributed by atoms with Crippen molar-refractivity contribution in [2.24, 2.45) is 0 Å². The zero-order valence-electron chi connectivity index (χ0n) is 10.6. The van der Waals surface area contributed by atoms with Gasteiger partial charge in [0.25, 0.3) is 0 Å². The first-order chi connectivity index (χ1) is 9.81. The van der Waals surface area contributed by atoms with Crippen LogP contribution in [0.3, 0.4) is 0 Å². The zero-order valence-corrected chi connectivity index (χ0v) is 10.6. The smallest absolute Gasteiger partial charge is 0.425 e. The number of hydrogen-bond donors (Lipinski definition) is 2. The molecule has 1 aromatic carbocycles. The number of aliphatic hydroxyl groups is 1. The van der Waals surface area contributed by atoms with Gasteiger partial charge in [0, 0.05) is 17.7 Å². The molecule has 0 saturated heterocycles. The quantitative estimate of drug-likeness (QED) is 0.878. The summed E-state index contributed by atoms with van der Waals surface area (Å²) in [5, 5.41) is 20.6. The third kappa shape index (κ3) is 3.44. The van der Waals surface area contributed by atoms with Gasteiger partial charge in [-0.05, 0) is 18.2 Å². The van der Waals surface area contributed by atoms with E-state index in [9.17, 15) is 23.1 Å². The number of anilines is 1. The van der Waals surface area contributed by atoms with Crippen molar-refractivity contribution in [1.82, 2.24) is 0 Å². The second-order valence-electron chi connectivity index (χ2n) is 4.54. The lowest BCUT2D eigenvalue weighted by molar-refractivity contribution is -0.207. The number of amides is 1. The van der Waals surface area contributed by atoms with Crippen LogP contribution in [0.15, 0.2) is 18.2 Å². The number of halogens is 3. The average molecular weight is 300 g/mol. The predicted octanol–water partition coefficient (Wildman–Crippen LogP) is 2.29. The summed E-state index contributed by atoms with van der Waals surface area (Å²) >= 11 is 0. The third-order valence-electron chi connectivity index (χ3n) is 2.96. The van der Waals surface area contributed by atoms with Crippen LogP contribution < -0.4 is 10.1 Å². The van der Waals surface area contributed by atoms with E-state index in [1.54, 1.807) is 6.07 Å². The van der Waals surface area contributed by atoms with Gasteiger partial charge in [-0.15, -0.1) is 0 Å². The van der Waals surface area contributed by atoms with Crippen LogP contribution in [0.25, 0.3) is 0 Å². The standard InChI is InChI=1S/C13H11F3N2O3/c14-13(15,16)11-6-9(19)8-5-7(1-2-10(8)21-11)18-12(20)3-4-17/h1-2,5,9,11,19H,3,6H2,(H,18,20). The molecule has 1 aliphatic heterocycles. The van der Waals surface area contributed by atoms with E-state index in [0.717, 1.165) is 0 Å². The summed E-state index contributed by atoms with van der Waals surface area (Å²) in [5.74, 6) is -0.619. The summed E-state index contributed by atoms with van der Waals surface area (Å²) in [6.45, 7) is 0. The number of carbonyl (C=O) groups is 1. The minimum atomic E-state index is -4.56. The Labute approximate surface area is 117 Å². The molecule has 2 atom stereocenters. The number of rotatable bonds is 2. The molecule has 0 aromatic heterocycles. The van der Waals surface area contributed by atoms with Crippen molar-refractivity contribution >= 4 is 11.6 Å². The summed E-state index contributed by atoms with van der Waals surface area (Å²) in [5.41, 5.74) is 0.451. The monoisotopic (exact) mass is 300 g/mol. The van der Waals surface area contributed by atoms with Gasteiger partial charge in [0.2, 0.25) is 5.91 Å². The van der Waals surface area contributed by atoms with E-state index in [0.29, 0.717) is 0 Å². The Kier molecular flexibility index (Phi) is 4.04. The van der Waals surface area contributed by atoms with Gasteiger partial charge in [-0.25, -0.2) is 0 Å². The van der Waals surface area contributed by atoms with Crippen LogP contribution >= 0.6 is 0 Å². The Bertz CT molecular complexity index is 595. The molecule has 5 nitrogen and oxygen atoms in total. The van der Waals surface area contributed by atoms with Crippen LogP contribution in [-0.4, -0.2) is 23.3 Å². The molecule has 2 N–H and O–H groups in total. The number of fused-ring (bicyclic) bond motifs is 1. The lowest BCUT2D eigenvalue weighted by Crippen LogP contribution is -2.38. The number of alkyl halides is 3. The summed E-state index contributed by atoms with van der Waals surface area (Å²) in [6, 6.07) is 5.60. The summed E-state index contributed by atoms with van der Waals surface area (Å²) < 4.78 is 42.7. The maximum absolute atomic E-state index is 12.6. The van der Waals surface area contributed by atoms with Crippen molar-refractivity contribution in [3.63, 3.8) is 0 Å². The second kappa shape index (κ2) is 5.61. The maximum Gasteiger partial charge on any atom is 0.425 e. The number of nitrogens with zero attached hydrogens (tertiary/aromatic N) is 1. The van der Waals surface area contributed by atoms with Crippen LogP contribution in [0.2, 0.25) is 0 Å². The minimum Gasteiger partial charge on any atom is -0.480 e. The molecule has 2 unspecified atom stereocenters. The van der Waals surface area contributed by atoms with Crippen LogP contribution in [0, 0.1) is 11.3 Å². The molecule has 1 heterocycles. The average Bonchev–Trinajstić information content (AvgIpc) is 2.38. The Balaban J connectivity index is 2.21. The molecule has 0 aliphatic carbocycles. The van der Waals surface area contributed by atoms with Crippen molar-refractivity contribution in [3.8, 4) is 11.8 Å². The molecule has 0 bridgehead atoms. The van der Waals surface area contributed by atoms with Crippen molar-refractivity contribution in [2.75, 3.05) is 5.32 Å². The van der Waals surface area contributed by atoms with Gasteiger partial charge < -0.3 is 15.2 Å². The third-order valence-corrected chi connectivity index (χ3v) is 2.96. The van der Waals surface area contributed by atoms with E-state index in [2.05, 4.69) is 5.32 Å². The van der Waals surface area contributed by atoms with Crippen LogP contribution in [0.1, 0.15) is 24.5 Å². The Morgan fingerprint density at radius 1 is 1.52 bits per heavy atom. The molecule has 0 radical (unpaired) electrons. The van der Waals surface area contributed by atoms with Gasteiger partial charge in [-0.1, -0.05) is 0 Å². The van der Waals surface area contributed by atoms with Gasteiger partial charge >= 0.3 is 6.18 Å². The first kappa shape index (κ1) is 15.1. The van der Waals surface area contributed by atoms with Crippen molar-refractivity contribution in [3.05, 3.63) is 23.8 Å². The lowest BCUT2D eigenvalue weighted by atomic mass is 9.98. The van der Waals surface area contributed by atoms with E-state index in [4.69, 9.17) is 10.00 Å². The predicted molar refractivity (Wildman–Crippen MR) is 65.3 cm³/mol. The molecule has 112 valence electrons. The first-order valence-electron chi connectivity index (χ1n) is 6.03. The highest BCUT2D eigenvalue weighted by Crippen LogP contribution is 2.41. The Hall–Kier alpha value is -2.27. The number of aliphatic hydroxyl groups excluding tert-OH is 1. The van der Waals surface area contributed by atoms with Crippen LogP contribution in [0.4, 0.5) is 18.9 Å². The molecule has 0 fully saturated rings. The normalized spacial score (nSPS) is 20.9. The molecule has 8 heteroatoms. The van der Waals surface area contributed by atoms with E-state index in [-0.39, 0.29) is 23.4 Å². The highest BCUT2D eigenvalue weighted by molar-refractivity contribution is 5.92. The fourth-order valence-corrected chi connectivity index (χ4v) is 2.00. The van der Waals surface area contributed by atoms with E-state index < -0.39 is 30.7 Å². The molecule has 21 heavy (non-hydrogen) atoms. The molecule has 0 spiro atoms. The molecular weight excluding hydrogens is 289 g/mol. The molecule has 1 aliphatic rings. The van der Waals surface area contributed by atoms with E-state index >= 15 is 0 Å². The van der Waals surface area contributed by atoms with Crippen LogP contribution in [0.5, 0.6) is 5.75 Å². The fraction of sp³-hybridized carbons (Fsp3) is 0.385. The molecule has 1 amide bonds. The molecule has 0 saturated carbocycles. The summed E-state index contributed by atoms with van der Waals surface area (Å²) in [6.07, 6.45) is -8.90. The molecule has 1 aromatic rings. The fourth-order valence-electron chi connectivity index (χ4n) is 2.00. The van der Waals surface area contributed by atoms with Gasteiger partial charge in [0.15, 0.2) is 6.10 Å².